The number of ketones is 2. The summed E-state index contributed by atoms with van der Waals surface area (Å²) in [5.74, 6) is 0.583. The van der Waals surface area contributed by atoms with Gasteiger partial charge in [0.15, 0.2) is 11.6 Å². The van der Waals surface area contributed by atoms with E-state index in [0.29, 0.717) is 23.6 Å². The van der Waals surface area contributed by atoms with E-state index in [-0.39, 0.29) is 46.6 Å². The van der Waals surface area contributed by atoms with Crippen molar-refractivity contribution in [3.63, 3.8) is 0 Å². The van der Waals surface area contributed by atoms with Crippen molar-refractivity contribution >= 4 is 39.9 Å². The molecule has 0 amide bonds. The quantitative estimate of drug-likeness (QED) is 0.583. The zero-order valence-electron chi connectivity index (χ0n) is 19.6. The molecule has 2 N–H and O–H groups in total. The van der Waals surface area contributed by atoms with Gasteiger partial charge in [0.1, 0.15) is 5.60 Å². The Morgan fingerprint density at radius 2 is 2.00 bits per heavy atom. The van der Waals surface area contributed by atoms with Gasteiger partial charge in [-0.3, -0.25) is 9.59 Å². The van der Waals surface area contributed by atoms with Crippen LogP contribution in [0.5, 0.6) is 0 Å². The number of fused-ring (bicyclic) bond motifs is 5. The van der Waals surface area contributed by atoms with E-state index in [2.05, 4.69) is 6.92 Å². The third-order valence-corrected chi connectivity index (χ3v) is 10.4. The lowest BCUT2D eigenvalue weighted by atomic mass is 9.45. The number of hydrogen-bond donors (Lipinski definition) is 2. The van der Waals surface area contributed by atoms with Crippen LogP contribution in [-0.2, 0) is 14.3 Å². The molecule has 4 aliphatic rings. The molecule has 0 bridgehead atoms. The van der Waals surface area contributed by atoms with Crippen molar-refractivity contribution in [3.05, 3.63) is 11.6 Å². The Labute approximate surface area is 200 Å². The van der Waals surface area contributed by atoms with Crippen LogP contribution in [0.1, 0.15) is 72.6 Å². The number of carbonyl (C=O) groups is 2. The second-order valence-corrected chi connectivity index (χ2v) is 12.7. The molecule has 32 heavy (non-hydrogen) atoms. The molecular formula is C25H36O5S2. The molecule has 0 spiro atoms. The molecule has 3 saturated carbocycles. The number of rotatable bonds is 4. The van der Waals surface area contributed by atoms with E-state index in [0.717, 1.165) is 25.7 Å². The monoisotopic (exact) mass is 480 g/mol. The molecule has 4 aliphatic carbocycles. The van der Waals surface area contributed by atoms with Gasteiger partial charge in [0.2, 0.25) is 4.38 Å². The molecule has 7 heteroatoms. The fraction of sp³-hybridized carbons (Fsp3) is 0.800. The second kappa shape index (κ2) is 8.47. The summed E-state index contributed by atoms with van der Waals surface area (Å²) in [6.45, 7) is 8.00. The van der Waals surface area contributed by atoms with E-state index >= 15 is 0 Å². The van der Waals surface area contributed by atoms with Crippen LogP contribution in [0.4, 0.5) is 0 Å². The number of Topliss-reactive ketones (excluding diaryl/α,β-unsaturated/α-hetero) is 1. The van der Waals surface area contributed by atoms with Crippen LogP contribution < -0.4 is 0 Å². The highest BCUT2D eigenvalue weighted by Crippen LogP contribution is 2.67. The van der Waals surface area contributed by atoms with Gasteiger partial charge in [-0.25, -0.2) is 0 Å². The van der Waals surface area contributed by atoms with Crippen LogP contribution in [-0.4, -0.2) is 49.7 Å². The minimum Gasteiger partial charge on any atom is -0.476 e. The number of thiocarbonyl (C=S) groups is 1. The maximum atomic E-state index is 13.3. The first-order valence-electron chi connectivity index (χ1n) is 11.9. The summed E-state index contributed by atoms with van der Waals surface area (Å²) in [6.07, 6.45) is 5.91. The molecule has 178 valence electrons. The van der Waals surface area contributed by atoms with Crippen molar-refractivity contribution in [1.82, 2.24) is 0 Å². The maximum Gasteiger partial charge on any atom is 0.220 e. The fourth-order valence-corrected chi connectivity index (χ4v) is 8.74. The van der Waals surface area contributed by atoms with Gasteiger partial charge >= 0.3 is 0 Å². The number of thioether (sulfide) groups is 1. The minimum absolute atomic E-state index is 0.0475. The molecule has 0 unspecified atom stereocenters. The molecule has 0 heterocycles. The average Bonchev–Trinajstić information content (AvgIpc) is 2.97. The molecular weight excluding hydrogens is 444 g/mol. The Hall–Kier alpha value is -0.760. The van der Waals surface area contributed by atoms with E-state index in [1.54, 1.807) is 0 Å². The van der Waals surface area contributed by atoms with Crippen LogP contribution in [0.3, 0.4) is 0 Å². The molecule has 7 atom stereocenters. The van der Waals surface area contributed by atoms with Crippen molar-refractivity contribution < 1.29 is 24.5 Å². The normalized spacial score (nSPS) is 43.2. The fourth-order valence-electron chi connectivity index (χ4n) is 7.62. The van der Waals surface area contributed by atoms with E-state index in [4.69, 9.17) is 17.0 Å². The lowest BCUT2D eigenvalue weighted by Gasteiger charge is -2.60. The number of allylic oxidation sites excluding steroid dienone is 1. The number of aliphatic hydroxyl groups excluding tert-OH is 1. The molecule has 0 aromatic carbocycles. The number of carbonyl (C=O) groups excluding carboxylic acids is 2. The Morgan fingerprint density at radius 1 is 1.28 bits per heavy atom. The highest BCUT2D eigenvalue weighted by Gasteiger charge is 2.68. The predicted octanol–water partition coefficient (Wildman–Crippen LogP) is 4.23. The SMILES string of the molecule is CC(C)OC(=S)SCC(=O)[C@@]1(O)CC[C@@H]2[C@@H]3CCC4=CC(=O)CC[C@]4(C)[C@H]3[C@@H](O)C[C@@]21C. The standard InChI is InChI=1S/C25H36O5S2/c1-14(2)30-22(31)32-13-20(28)25(29)10-8-18-17-6-5-15-11-16(26)7-9-23(15,3)21(17)19(27)12-24(18,25)4/h11,14,17-19,21,27,29H,5-10,12-13H2,1-4H3/t17-,18+,19-,21+,23-,24-,25-/m0/s1. The van der Waals surface area contributed by atoms with Gasteiger partial charge in [-0.2, -0.15) is 0 Å². The molecule has 0 radical (unpaired) electrons. The van der Waals surface area contributed by atoms with Gasteiger partial charge < -0.3 is 14.9 Å². The maximum absolute atomic E-state index is 13.3. The third kappa shape index (κ3) is 3.71. The van der Waals surface area contributed by atoms with Crippen molar-refractivity contribution in [1.29, 1.82) is 0 Å². The molecule has 4 rings (SSSR count). The van der Waals surface area contributed by atoms with Gasteiger partial charge in [-0.15, -0.1) is 0 Å². The first-order valence-corrected chi connectivity index (χ1v) is 13.3. The van der Waals surface area contributed by atoms with Crippen molar-refractivity contribution in [2.24, 2.45) is 28.6 Å². The summed E-state index contributed by atoms with van der Waals surface area (Å²) in [5.41, 5.74) is -1.09. The second-order valence-electron chi connectivity index (χ2n) is 11.1. The van der Waals surface area contributed by atoms with Crippen LogP contribution >= 0.6 is 24.0 Å². The Morgan fingerprint density at radius 3 is 2.69 bits per heavy atom. The smallest absolute Gasteiger partial charge is 0.220 e. The Balaban J connectivity index is 1.56. The Kier molecular flexibility index (Phi) is 6.45. The van der Waals surface area contributed by atoms with Crippen molar-refractivity contribution in [2.75, 3.05) is 5.75 Å². The molecule has 0 aromatic heterocycles. The number of aliphatic hydroxyl groups is 2. The largest absolute Gasteiger partial charge is 0.476 e. The molecule has 0 aliphatic heterocycles. The van der Waals surface area contributed by atoms with E-state index in [1.165, 1.54) is 17.3 Å². The molecule has 0 aromatic rings. The van der Waals surface area contributed by atoms with Gasteiger partial charge in [-0.1, -0.05) is 31.2 Å². The predicted molar refractivity (Wildman–Crippen MR) is 129 cm³/mol. The minimum atomic E-state index is -1.45. The first kappa shape index (κ1) is 24.4. The van der Waals surface area contributed by atoms with E-state index in [1.807, 2.05) is 26.8 Å². The van der Waals surface area contributed by atoms with Gasteiger partial charge in [0.25, 0.3) is 0 Å². The lowest BCUT2D eigenvalue weighted by molar-refractivity contribution is -0.178. The molecule has 5 nitrogen and oxygen atoms in total. The summed E-state index contributed by atoms with van der Waals surface area (Å²) < 4.78 is 5.80. The van der Waals surface area contributed by atoms with Crippen LogP contribution in [0.15, 0.2) is 11.6 Å². The zero-order chi connectivity index (χ0) is 23.5. The molecule has 0 saturated heterocycles. The van der Waals surface area contributed by atoms with Crippen LogP contribution in [0.2, 0.25) is 0 Å². The number of ether oxygens (including phenoxy) is 1. The van der Waals surface area contributed by atoms with Crippen molar-refractivity contribution in [2.45, 2.75) is 90.4 Å². The third-order valence-electron chi connectivity index (χ3n) is 9.16. The summed E-state index contributed by atoms with van der Waals surface area (Å²) in [7, 11) is 0. The van der Waals surface area contributed by atoms with Gasteiger partial charge in [0.05, 0.1) is 18.0 Å². The summed E-state index contributed by atoms with van der Waals surface area (Å²) in [4.78, 5) is 25.3. The summed E-state index contributed by atoms with van der Waals surface area (Å²) in [5, 5.41) is 23.2. The highest BCUT2D eigenvalue weighted by atomic mass is 32.2. The average molecular weight is 481 g/mol. The highest BCUT2D eigenvalue weighted by molar-refractivity contribution is 8.23. The van der Waals surface area contributed by atoms with Gasteiger partial charge in [0, 0.05) is 11.8 Å². The van der Waals surface area contributed by atoms with E-state index in [9.17, 15) is 19.8 Å². The van der Waals surface area contributed by atoms with Crippen LogP contribution in [0, 0.1) is 28.6 Å². The van der Waals surface area contributed by atoms with Crippen LogP contribution in [0.25, 0.3) is 0 Å². The van der Waals surface area contributed by atoms with Crippen molar-refractivity contribution in [3.8, 4) is 0 Å². The van der Waals surface area contributed by atoms with Gasteiger partial charge in [-0.05, 0) is 93.8 Å². The summed E-state index contributed by atoms with van der Waals surface area (Å²) in [6, 6.07) is 0. The topological polar surface area (TPSA) is 83.8 Å². The Bertz CT molecular complexity index is 853. The lowest BCUT2D eigenvalue weighted by Crippen LogP contribution is -2.62. The first-order chi connectivity index (χ1) is 14.9. The number of hydrogen-bond acceptors (Lipinski definition) is 7. The zero-order valence-corrected chi connectivity index (χ0v) is 21.2. The molecule has 3 fully saturated rings. The summed E-state index contributed by atoms with van der Waals surface area (Å²) >= 11 is 6.38. The van der Waals surface area contributed by atoms with E-state index < -0.39 is 17.1 Å².